The first-order valence-corrected chi connectivity index (χ1v) is 30.2. The van der Waals surface area contributed by atoms with E-state index >= 15 is 0 Å². The number of aliphatic carboxylic acids is 1. The zero-order valence-corrected chi connectivity index (χ0v) is 51.6. The van der Waals surface area contributed by atoms with Gasteiger partial charge in [-0.25, -0.2) is 4.79 Å². The maximum atomic E-state index is 13.1. The number of ether oxygens (including phenoxy) is 13. The zero-order valence-electron chi connectivity index (χ0n) is 51.6. The first-order valence-electron chi connectivity index (χ1n) is 30.2. The number of rotatable bonds is 26. The monoisotopic (exact) mass is 1400 g/mol. The normalized spacial score (nSPS) is 46.0. The third-order valence-electron chi connectivity index (χ3n) is 17.1. The quantitative estimate of drug-likeness (QED) is 0.0382. The molecule has 0 spiro atoms. The van der Waals surface area contributed by atoms with Crippen LogP contribution in [-0.2, 0) is 85.6 Å². The number of carbonyl (C=O) groups is 5. The highest BCUT2D eigenvalue weighted by Crippen LogP contribution is 2.40. The van der Waals surface area contributed by atoms with Gasteiger partial charge in [0.15, 0.2) is 37.7 Å². The average molecular weight is 1410 g/mol. The predicted octanol–water partition coefficient (Wildman–Crippen LogP) is -16.5. The van der Waals surface area contributed by atoms with Gasteiger partial charge in [-0.05, 0) is 0 Å². The van der Waals surface area contributed by atoms with E-state index in [2.05, 4.69) is 21.3 Å². The molecule has 43 nitrogen and oxygen atoms in total. The molecule has 0 unspecified atom stereocenters. The van der Waals surface area contributed by atoms with Crippen LogP contribution in [0.25, 0.3) is 0 Å². The molecule has 4 amide bonds. The van der Waals surface area contributed by atoms with Crippen LogP contribution in [0.2, 0.25) is 0 Å². The Kier molecular flexibility index (Phi) is 28.2. The van der Waals surface area contributed by atoms with E-state index in [1.807, 2.05) is 0 Å². The van der Waals surface area contributed by atoms with Crippen LogP contribution >= 0.6 is 0 Å². The number of carboxylic acid groups (broad SMARTS) is 1. The Morgan fingerprint density at radius 1 is 0.427 bits per heavy atom. The summed E-state index contributed by atoms with van der Waals surface area (Å²) in [6, 6.07) is -7.05. The van der Waals surface area contributed by atoms with Crippen molar-refractivity contribution >= 4 is 29.6 Å². The van der Waals surface area contributed by atoms with Crippen LogP contribution in [0.1, 0.15) is 34.1 Å². The van der Waals surface area contributed by atoms with E-state index in [1.165, 1.54) is 0 Å². The van der Waals surface area contributed by atoms with Crippen molar-refractivity contribution in [2.75, 3.05) is 46.2 Å². The molecule has 0 aromatic rings. The topological polar surface area (TPSA) is 678 Å². The van der Waals surface area contributed by atoms with Gasteiger partial charge in [-0.3, -0.25) is 19.2 Å². The summed E-state index contributed by atoms with van der Waals surface area (Å²) < 4.78 is 75.0. The molecule has 7 rings (SSSR count). The Hall–Kier alpha value is -3.97. The summed E-state index contributed by atoms with van der Waals surface area (Å²) in [7, 11) is 0. The summed E-state index contributed by atoms with van der Waals surface area (Å²) >= 11 is 0. The van der Waals surface area contributed by atoms with Gasteiger partial charge in [-0.1, -0.05) is 0 Å². The lowest BCUT2D eigenvalue weighted by Crippen LogP contribution is -2.71. The Bertz CT molecular complexity index is 2540. The molecule has 0 aromatic carbocycles. The highest BCUT2D eigenvalue weighted by Gasteiger charge is 2.62. The van der Waals surface area contributed by atoms with Crippen molar-refractivity contribution in [3.8, 4) is 0 Å². The molecule has 0 aromatic heterocycles. The largest absolute Gasteiger partial charge is 0.477 e. The molecular formula is C53H88N4O39. The van der Waals surface area contributed by atoms with Crippen molar-refractivity contribution in [1.82, 2.24) is 21.3 Å². The van der Waals surface area contributed by atoms with E-state index in [4.69, 9.17) is 61.6 Å². The number of carbonyl (C=O) groups excluding carboxylic acids is 4. The standard InChI is InChI=1S/C53H88N4O39/c1-13(64)54-25-17(68)5-53(52(82)83,95-44(25)29(70)18(69)6-58)96-45-32(73)21(9-61)88-51(39(45)80)93-42-27(56-15(3)66)46(81)85-24(33(42)74)12-84-47-26(55-14(2)65)34(75)40(22(10-62)89-47)92-50-38(79)36(77)41(23(11-63)90-50)91-48-28(57-16(4)67)43(31(72)20(8-60)86-48)94-49-37(78)35(76)30(71)19(7-59)87-49/h17-51,58-63,68-81H,5-12H2,1-4H3,(H,54,64)(H,55,65)(H,56,66)(H,57,67)(H,82,83)/t17-,18+,19+,20+,21+,22+,23+,24+,25+,26+,27+,28+,29+,30-,31+,32-,33-,34+,35-,36+,37+,38+,39+,40+,41-,42+,43+,44+,45-,46-,47+,48-,49-,50-,51-,53-/m0/s1. The fourth-order valence-electron chi connectivity index (χ4n) is 12.2. The van der Waals surface area contributed by atoms with Gasteiger partial charge in [0.25, 0.3) is 5.79 Å². The molecule has 0 radical (unpaired) electrons. The zero-order chi connectivity index (χ0) is 71.3. The summed E-state index contributed by atoms with van der Waals surface area (Å²) in [6.45, 7) is -3.46. The summed E-state index contributed by atoms with van der Waals surface area (Å²) in [4.78, 5) is 63.1. The van der Waals surface area contributed by atoms with Crippen molar-refractivity contribution in [3.63, 3.8) is 0 Å². The van der Waals surface area contributed by atoms with Crippen LogP contribution in [0.4, 0.5) is 0 Å². The average Bonchev–Trinajstić information content (AvgIpc) is 0.767. The molecule has 7 fully saturated rings. The van der Waals surface area contributed by atoms with E-state index < -0.39 is 303 Å². The van der Waals surface area contributed by atoms with Crippen LogP contribution in [-0.4, -0.2) is 403 Å². The SMILES string of the molecule is CC(=O)N[C@@H]1[C@@H](O[C@@H]2O[C@H](CO)[C@H](O)[C@H](O[C@]3(C(=O)O)C[C@H](O)[C@@H](NC(C)=O)[C@H]([C@H](O)[C@H](O)CO)O3)[C@H]2O)[C@@H](O)[C@@H](CO[C@@H]2O[C@H](CO)[C@@H](O[C@@H]3O[C@H](CO)[C@H](O[C@@H]4O[C@H](CO)[C@@H](O)[C@H](O[C@@H]5O[C@H](CO)[C@H](O)[C@H](O)[C@H]5O)[C@H]4NC(C)=O)[C@H](O)[C@H]3O)[C@H](O)[C@H]2NC(C)=O)O[C@@H]1O. The molecule has 7 saturated heterocycles. The lowest BCUT2D eigenvalue weighted by Gasteiger charge is -2.51. The Balaban J connectivity index is 1.07. The number of aliphatic hydroxyl groups is 20. The molecule has 7 aliphatic heterocycles. The van der Waals surface area contributed by atoms with E-state index in [0.29, 0.717) is 0 Å². The van der Waals surface area contributed by atoms with Crippen LogP contribution in [0, 0.1) is 0 Å². The fraction of sp³-hybridized carbons (Fsp3) is 0.906. The van der Waals surface area contributed by atoms with Crippen molar-refractivity contribution in [1.29, 1.82) is 0 Å². The summed E-state index contributed by atoms with van der Waals surface area (Å²) in [5.74, 6) is -8.81. The number of amides is 4. The Morgan fingerprint density at radius 2 is 0.833 bits per heavy atom. The molecule has 554 valence electrons. The predicted molar refractivity (Wildman–Crippen MR) is 295 cm³/mol. The number of aliphatic hydroxyl groups excluding tert-OH is 20. The first-order chi connectivity index (χ1) is 45.2. The molecule has 0 aliphatic carbocycles. The summed E-state index contributed by atoms with van der Waals surface area (Å²) in [5.41, 5.74) is 0. The highest BCUT2D eigenvalue weighted by molar-refractivity contribution is 5.77. The van der Waals surface area contributed by atoms with Crippen LogP contribution < -0.4 is 21.3 Å². The van der Waals surface area contributed by atoms with Gasteiger partial charge in [0.2, 0.25) is 23.6 Å². The molecule has 7 aliphatic rings. The molecule has 36 atom stereocenters. The summed E-state index contributed by atoms with van der Waals surface area (Å²) in [5, 5.41) is 238. The van der Waals surface area contributed by atoms with E-state index in [0.717, 1.165) is 27.7 Å². The maximum Gasteiger partial charge on any atom is 0.364 e. The Labute approximate surface area is 543 Å². The minimum Gasteiger partial charge on any atom is -0.477 e. The number of hydrogen-bond acceptors (Lipinski definition) is 38. The van der Waals surface area contributed by atoms with Gasteiger partial charge >= 0.3 is 5.97 Å². The van der Waals surface area contributed by atoms with Crippen molar-refractivity contribution < 1.29 is 193 Å². The van der Waals surface area contributed by atoms with Gasteiger partial charge in [-0.15, -0.1) is 0 Å². The van der Waals surface area contributed by atoms with Gasteiger partial charge < -0.3 is 190 Å². The van der Waals surface area contributed by atoms with Crippen molar-refractivity contribution in [2.24, 2.45) is 0 Å². The lowest BCUT2D eigenvalue weighted by atomic mass is 9.88. The molecule has 0 bridgehead atoms. The molecule has 0 saturated carbocycles. The summed E-state index contributed by atoms with van der Waals surface area (Å²) in [6.07, 6.45) is -64.0. The van der Waals surface area contributed by atoms with Crippen LogP contribution in [0.3, 0.4) is 0 Å². The van der Waals surface area contributed by atoms with Gasteiger partial charge in [-0.2, -0.15) is 0 Å². The second-order valence-electron chi connectivity index (χ2n) is 24.0. The van der Waals surface area contributed by atoms with Gasteiger partial charge in [0.05, 0.1) is 58.4 Å². The third-order valence-corrected chi connectivity index (χ3v) is 17.1. The molecule has 43 heteroatoms. The van der Waals surface area contributed by atoms with Gasteiger partial charge in [0.1, 0.15) is 165 Å². The Morgan fingerprint density at radius 3 is 1.35 bits per heavy atom. The van der Waals surface area contributed by atoms with Crippen molar-refractivity contribution in [2.45, 2.75) is 254 Å². The maximum absolute atomic E-state index is 13.1. The molecule has 96 heavy (non-hydrogen) atoms. The van der Waals surface area contributed by atoms with Crippen molar-refractivity contribution in [3.05, 3.63) is 0 Å². The van der Waals surface area contributed by atoms with Gasteiger partial charge in [0, 0.05) is 34.1 Å². The fourth-order valence-corrected chi connectivity index (χ4v) is 12.2. The van der Waals surface area contributed by atoms with Crippen LogP contribution in [0.15, 0.2) is 0 Å². The first kappa shape index (κ1) is 79.4. The van der Waals surface area contributed by atoms with E-state index in [1.54, 1.807) is 0 Å². The molecule has 7 heterocycles. The number of carboxylic acids is 1. The minimum absolute atomic E-state index is 0.842. The third kappa shape index (κ3) is 17.5. The second kappa shape index (κ2) is 34.1. The second-order valence-corrected chi connectivity index (χ2v) is 24.0. The number of nitrogens with one attached hydrogen (secondary N) is 4. The van der Waals surface area contributed by atoms with E-state index in [9.17, 15) is 131 Å². The van der Waals surface area contributed by atoms with Crippen LogP contribution in [0.5, 0.6) is 0 Å². The number of hydrogen-bond donors (Lipinski definition) is 25. The highest BCUT2D eigenvalue weighted by atomic mass is 16.8. The van der Waals surface area contributed by atoms with E-state index in [-0.39, 0.29) is 0 Å². The molecule has 25 N–H and O–H groups in total. The smallest absolute Gasteiger partial charge is 0.364 e. The molecular weight excluding hydrogens is 1320 g/mol. The minimum atomic E-state index is -3.23. The lowest BCUT2D eigenvalue weighted by molar-refractivity contribution is -0.382.